The molecule has 336 valence electrons. The van der Waals surface area contributed by atoms with E-state index in [0.717, 1.165) is 60.1 Å². The van der Waals surface area contributed by atoms with Crippen LogP contribution in [0.3, 0.4) is 0 Å². The normalized spacial score (nSPS) is 11.8. The van der Waals surface area contributed by atoms with Crippen molar-refractivity contribution >= 4 is 79.5 Å². The summed E-state index contributed by atoms with van der Waals surface area (Å²) in [6, 6.07) is 19.3. The van der Waals surface area contributed by atoms with Crippen LogP contribution >= 0.6 is 0 Å². The van der Waals surface area contributed by atoms with Gasteiger partial charge in [0.15, 0.2) is 0 Å². The minimum Gasteiger partial charge on any atom is -0.744 e. The largest absolute Gasteiger partial charge is 2.00 e. The molecule has 0 bridgehead atoms. The van der Waals surface area contributed by atoms with Crippen LogP contribution in [0, 0.1) is 0 Å². The van der Waals surface area contributed by atoms with Crippen molar-refractivity contribution < 1.29 is 25.9 Å². The third kappa shape index (κ3) is 20.9. The molecule has 0 aliphatic heterocycles. The van der Waals surface area contributed by atoms with Crippen molar-refractivity contribution in [3.63, 3.8) is 0 Å². The zero-order chi connectivity index (χ0) is 43.6. The number of aryl methyl sites for hydroxylation is 4. The van der Waals surface area contributed by atoms with E-state index in [9.17, 15) is 25.9 Å². The average Bonchev–Trinajstić information content (AvgIpc) is 3.22. The van der Waals surface area contributed by atoms with Gasteiger partial charge in [-0.15, -0.1) is 0 Å². The van der Waals surface area contributed by atoms with Crippen LogP contribution in [0.4, 0.5) is 0 Å². The quantitative estimate of drug-likeness (QED) is 0.0292. The first-order valence-electron chi connectivity index (χ1n) is 23.9. The first-order valence-corrected chi connectivity index (χ1v) is 26.8. The summed E-state index contributed by atoms with van der Waals surface area (Å²) in [6.45, 7) is 8.86. The summed E-state index contributed by atoms with van der Waals surface area (Å²) < 4.78 is 71.0. The fourth-order valence-corrected chi connectivity index (χ4v) is 10.0. The number of hydrogen-bond donors (Lipinski definition) is 0. The predicted molar refractivity (Wildman–Crippen MR) is 258 cm³/mol. The molecular weight excluding hydrogens is 825 g/mol. The Bertz CT molecular complexity index is 1900. The van der Waals surface area contributed by atoms with E-state index < -0.39 is 20.2 Å². The summed E-state index contributed by atoms with van der Waals surface area (Å²) in [5.74, 6) is 0. The first-order chi connectivity index (χ1) is 28.9. The number of fused-ring (bicyclic) bond motifs is 2. The van der Waals surface area contributed by atoms with Gasteiger partial charge in [-0.05, 0) is 107 Å². The molecule has 0 amide bonds. The molecule has 0 radical (unpaired) electrons. The fourth-order valence-electron chi connectivity index (χ4n) is 8.53. The molecule has 0 aliphatic rings. The smallest absolute Gasteiger partial charge is 0.744 e. The van der Waals surface area contributed by atoms with E-state index >= 15 is 0 Å². The molecule has 0 saturated heterocycles. The zero-order valence-corrected chi connectivity index (χ0v) is 42.4. The van der Waals surface area contributed by atoms with E-state index in [2.05, 4.69) is 52.0 Å². The van der Waals surface area contributed by atoms with Crippen molar-refractivity contribution in [3.8, 4) is 0 Å². The Morgan fingerprint density at radius 3 is 0.934 bits per heavy atom. The Morgan fingerprint density at radius 2 is 0.639 bits per heavy atom. The minimum atomic E-state index is -4.46. The molecule has 0 spiro atoms. The van der Waals surface area contributed by atoms with Crippen LogP contribution in [-0.2, 0) is 45.9 Å². The summed E-state index contributed by atoms with van der Waals surface area (Å²) in [5.41, 5.74) is 4.01. The van der Waals surface area contributed by atoms with Gasteiger partial charge >= 0.3 is 37.7 Å². The zero-order valence-electron chi connectivity index (χ0n) is 38.5. The van der Waals surface area contributed by atoms with Crippen molar-refractivity contribution in [1.29, 1.82) is 0 Å². The Kier molecular flexibility index (Phi) is 28.6. The third-order valence-corrected chi connectivity index (χ3v) is 13.9. The van der Waals surface area contributed by atoms with Crippen molar-refractivity contribution in [1.82, 2.24) is 0 Å². The Labute approximate surface area is 402 Å². The summed E-state index contributed by atoms with van der Waals surface area (Å²) >= 11 is 0. The van der Waals surface area contributed by atoms with Crippen LogP contribution in [0.25, 0.3) is 21.5 Å². The van der Waals surface area contributed by atoms with Gasteiger partial charge in [0.1, 0.15) is 20.2 Å². The van der Waals surface area contributed by atoms with Crippen LogP contribution < -0.4 is 0 Å². The molecule has 0 saturated carbocycles. The maximum atomic E-state index is 11.8. The molecule has 6 nitrogen and oxygen atoms in total. The second-order valence-corrected chi connectivity index (χ2v) is 19.9. The van der Waals surface area contributed by atoms with Gasteiger partial charge in [0.2, 0.25) is 0 Å². The van der Waals surface area contributed by atoms with Crippen LogP contribution in [0.15, 0.2) is 70.5 Å². The predicted octanol–water partition coefficient (Wildman–Crippen LogP) is 14.7. The van der Waals surface area contributed by atoms with Crippen LogP contribution in [0.2, 0.25) is 0 Å². The SMILES string of the molecule is CCCCCCCCc1ccc2c(CCCCCCCC)c(S(=O)(=O)[O-])ccc2c1.CCCCCCCCc1ccc2c(CCCCCCCC)c(S(=O)(=O)[O-])ccc2c1.[Ca+2]. The number of rotatable bonds is 30. The van der Waals surface area contributed by atoms with Crippen molar-refractivity contribution in [3.05, 3.63) is 82.9 Å². The monoisotopic (exact) mass is 902 g/mol. The van der Waals surface area contributed by atoms with Gasteiger partial charge in [0, 0.05) is 0 Å². The number of hydrogen-bond acceptors (Lipinski definition) is 6. The van der Waals surface area contributed by atoms with Gasteiger partial charge in [-0.3, -0.25) is 0 Å². The van der Waals surface area contributed by atoms with E-state index in [-0.39, 0.29) is 47.5 Å². The summed E-state index contributed by atoms with van der Waals surface area (Å²) in [5, 5.41) is 3.94. The van der Waals surface area contributed by atoms with E-state index in [1.807, 2.05) is 12.1 Å². The van der Waals surface area contributed by atoms with Crippen molar-refractivity contribution in [2.75, 3.05) is 0 Å². The average molecular weight is 903 g/mol. The molecule has 9 heteroatoms. The summed E-state index contributed by atoms with van der Waals surface area (Å²) in [6.07, 6.45) is 32.4. The van der Waals surface area contributed by atoms with Gasteiger partial charge in [-0.25, -0.2) is 16.8 Å². The van der Waals surface area contributed by atoms with E-state index in [1.165, 1.54) is 152 Å². The molecule has 0 N–H and O–H groups in total. The van der Waals surface area contributed by atoms with Crippen LogP contribution in [0.5, 0.6) is 0 Å². The Morgan fingerprint density at radius 1 is 0.361 bits per heavy atom. The van der Waals surface area contributed by atoms with E-state index in [1.54, 1.807) is 12.1 Å². The maximum absolute atomic E-state index is 11.8. The second kappa shape index (κ2) is 31.4. The first kappa shape index (κ1) is 55.6. The standard InChI is InChI=1S/2C26H40O3S.Ca/c2*1-3-5-7-9-11-13-15-22-17-19-24-23(21-22)18-20-26(30(27,28)29)25(24)16-14-12-10-8-6-4-2;/h2*17-21H,3-16H2,1-2H3,(H,27,28,29);/q;;+2/p-2. The Balaban J connectivity index is 0.000000413. The molecule has 61 heavy (non-hydrogen) atoms. The molecule has 4 aromatic carbocycles. The molecule has 4 rings (SSSR count). The molecule has 0 fully saturated rings. The summed E-state index contributed by atoms with van der Waals surface area (Å²) in [7, 11) is -8.92. The molecule has 4 aromatic rings. The molecule has 0 unspecified atom stereocenters. The van der Waals surface area contributed by atoms with Gasteiger partial charge in [-0.1, -0.05) is 205 Å². The van der Waals surface area contributed by atoms with Crippen molar-refractivity contribution in [2.24, 2.45) is 0 Å². The molecule has 0 aromatic heterocycles. The molecular formula is C52H78CaO6S2. The molecule has 0 atom stereocenters. The number of unbranched alkanes of at least 4 members (excludes halogenated alkanes) is 20. The van der Waals surface area contributed by atoms with Crippen LogP contribution in [-0.4, -0.2) is 63.7 Å². The van der Waals surface area contributed by atoms with Gasteiger partial charge in [0.05, 0.1) is 9.79 Å². The van der Waals surface area contributed by atoms with Gasteiger partial charge in [0.25, 0.3) is 0 Å². The van der Waals surface area contributed by atoms with Gasteiger partial charge in [-0.2, -0.15) is 0 Å². The topological polar surface area (TPSA) is 114 Å². The van der Waals surface area contributed by atoms with E-state index in [4.69, 9.17) is 0 Å². The Hall–Kier alpha value is -1.52. The minimum absolute atomic E-state index is 0. The van der Waals surface area contributed by atoms with Gasteiger partial charge < -0.3 is 9.11 Å². The molecule has 0 aliphatic carbocycles. The maximum Gasteiger partial charge on any atom is 2.00 e. The molecule has 0 heterocycles. The van der Waals surface area contributed by atoms with Crippen LogP contribution in [0.1, 0.15) is 204 Å². The third-order valence-electron chi connectivity index (χ3n) is 12.0. The van der Waals surface area contributed by atoms with Crippen molar-refractivity contribution in [2.45, 2.75) is 217 Å². The number of benzene rings is 4. The summed E-state index contributed by atoms with van der Waals surface area (Å²) in [4.78, 5) is -0.0699. The van der Waals surface area contributed by atoms with E-state index in [0.29, 0.717) is 24.0 Å². The fraction of sp³-hybridized carbons (Fsp3) is 0.615. The second-order valence-electron chi connectivity index (χ2n) is 17.2.